The second kappa shape index (κ2) is 8.00. The van der Waals surface area contributed by atoms with E-state index in [1.807, 2.05) is 12.2 Å². The minimum atomic E-state index is -0.0662. The van der Waals surface area contributed by atoms with E-state index in [0.717, 1.165) is 0 Å². The highest BCUT2D eigenvalue weighted by molar-refractivity contribution is 5.92. The van der Waals surface area contributed by atoms with Crippen LogP contribution in [-0.2, 0) is 4.79 Å². The van der Waals surface area contributed by atoms with E-state index in [1.54, 1.807) is 17.9 Å². The standard InChI is InChI=1S/C12H19NO2/c1-4-8-13(12(15)11(2)3)9-6-5-7-10-14/h4-6,14H,1-2,7-10H2,3H3/b6-5+. The van der Waals surface area contributed by atoms with Gasteiger partial charge in [-0.25, -0.2) is 0 Å². The highest BCUT2D eigenvalue weighted by Gasteiger charge is 2.10. The van der Waals surface area contributed by atoms with Crippen molar-refractivity contribution in [2.45, 2.75) is 13.3 Å². The third-order valence-electron chi connectivity index (χ3n) is 1.79. The predicted molar refractivity (Wildman–Crippen MR) is 62.4 cm³/mol. The molecule has 0 aromatic carbocycles. The van der Waals surface area contributed by atoms with Gasteiger partial charge in [0.15, 0.2) is 0 Å². The lowest BCUT2D eigenvalue weighted by atomic mass is 10.3. The molecular weight excluding hydrogens is 190 g/mol. The van der Waals surface area contributed by atoms with Crippen molar-refractivity contribution < 1.29 is 9.90 Å². The Morgan fingerprint density at radius 1 is 1.40 bits per heavy atom. The van der Waals surface area contributed by atoms with Gasteiger partial charge in [-0.05, 0) is 13.3 Å². The van der Waals surface area contributed by atoms with Gasteiger partial charge in [-0.2, -0.15) is 0 Å². The molecule has 0 aliphatic rings. The van der Waals surface area contributed by atoms with Gasteiger partial charge in [0.1, 0.15) is 0 Å². The van der Waals surface area contributed by atoms with Crippen LogP contribution in [-0.4, -0.2) is 35.6 Å². The van der Waals surface area contributed by atoms with Crippen LogP contribution < -0.4 is 0 Å². The molecule has 84 valence electrons. The number of hydrogen-bond donors (Lipinski definition) is 1. The van der Waals surface area contributed by atoms with Crippen molar-refractivity contribution in [2.75, 3.05) is 19.7 Å². The van der Waals surface area contributed by atoms with Crippen molar-refractivity contribution in [3.8, 4) is 0 Å². The van der Waals surface area contributed by atoms with Crippen LogP contribution >= 0.6 is 0 Å². The van der Waals surface area contributed by atoms with E-state index in [9.17, 15) is 4.79 Å². The smallest absolute Gasteiger partial charge is 0.249 e. The normalized spacial score (nSPS) is 10.3. The summed E-state index contributed by atoms with van der Waals surface area (Å²) in [6.07, 6.45) is 6.01. The summed E-state index contributed by atoms with van der Waals surface area (Å²) >= 11 is 0. The fraction of sp³-hybridized carbons (Fsp3) is 0.417. The number of rotatable bonds is 7. The van der Waals surface area contributed by atoms with Crippen LogP contribution in [0.5, 0.6) is 0 Å². The molecule has 0 saturated carbocycles. The van der Waals surface area contributed by atoms with Crippen molar-refractivity contribution in [1.82, 2.24) is 4.90 Å². The molecule has 0 bridgehead atoms. The SMILES string of the molecule is C=CCN(C/C=C/CCO)C(=O)C(=C)C. The first-order valence-corrected chi connectivity index (χ1v) is 4.95. The minimum Gasteiger partial charge on any atom is -0.396 e. The van der Waals surface area contributed by atoms with E-state index in [2.05, 4.69) is 13.2 Å². The minimum absolute atomic E-state index is 0.0662. The van der Waals surface area contributed by atoms with Crippen molar-refractivity contribution in [2.24, 2.45) is 0 Å². The van der Waals surface area contributed by atoms with Crippen molar-refractivity contribution in [3.05, 3.63) is 37.0 Å². The molecule has 0 atom stereocenters. The van der Waals surface area contributed by atoms with E-state index >= 15 is 0 Å². The lowest BCUT2D eigenvalue weighted by molar-refractivity contribution is -0.126. The Balaban J connectivity index is 4.21. The topological polar surface area (TPSA) is 40.5 Å². The second-order valence-electron chi connectivity index (χ2n) is 3.26. The lowest BCUT2D eigenvalue weighted by Gasteiger charge is -2.19. The zero-order chi connectivity index (χ0) is 11.7. The highest BCUT2D eigenvalue weighted by atomic mass is 16.2. The molecule has 3 heteroatoms. The molecule has 0 radical (unpaired) electrons. The van der Waals surface area contributed by atoms with Gasteiger partial charge >= 0.3 is 0 Å². The first-order chi connectivity index (χ1) is 7.13. The van der Waals surface area contributed by atoms with Crippen LogP contribution in [0.15, 0.2) is 37.0 Å². The van der Waals surface area contributed by atoms with Gasteiger partial charge in [0.25, 0.3) is 0 Å². The molecule has 0 unspecified atom stereocenters. The van der Waals surface area contributed by atoms with Crippen LogP contribution in [0.2, 0.25) is 0 Å². The summed E-state index contributed by atoms with van der Waals surface area (Å²) in [5.41, 5.74) is 0.521. The average Bonchev–Trinajstić information content (AvgIpc) is 2.21. The fourth-order valence-corrected chi connectivity index (χ4v) is 1.06. The van der Waals surface area contributed by atoms with Gasteiger partial charge in [0, 0.05) is 25.3 Å². The molecule has 0 spiro atoms. The Hall–Kier alpha value is -1.35. The Labute approximate surface area is 91.4 Å². The number of nitrogens with zero attached hydrogens (tertiary/aromatic N) is 1. The van der Waals surface area contributed by atoms with Gasteiger partial charge in [0.05, 0.1) is 0 Å². The lowest BCUT2D eigenvalue weighted by Crippen LogP contribution is -2.31. The Kier molecular flexibility index (Phi) is 7.28. The van der Waals surface area contributed by atoms with Gasteiger partial charge in [-0.1, -0.05) is 24.8 Å². The van der Waals surface area contributed by atoms with Crippen molar-refractivity contribution in [3.63, 3.8) is 0 Å². The molecule has 0 aromatic heterocycles. The average molecular weight is 209 g/mol. The molecule has 3 nitrogen and oxygen atoms in total. The van der Waals surface area contributed by atoms with Gasteiger partial charge < -0.3 is 10.0 Å². The molecule has 0 aliphatic heterocycles. The van der Waals surface area contributed by atoms with Crippen molar-refractivity contribution in [1.29, 1.82) is 0 Å². The van der Waals surface area contributed by atoms with Crippen molar-refractivity contribution >= 4 is 5.91 Å². The second-order valence-corrected chi connectivity index (χ2v) is 3.26. The number of aliphatic hydroxyl groups is 1. The number of hydrogen-bond acceptors (Lipinski definition) is 2. The zero-order valence-electron chi connectivity index (χ0n) is 9.28. The van der Waals surface area contributed by atoms with Crippen LogP contribution in [0.1, 0.15) is 13.3 Å². The van der Waals surface area contributed by atoms with E-state index in [4.69, 9.17) is 5.11 Å². The molecule has 0 fully saturated rings. The zero-order valence-corrected chi connectivity index (χ0v) is 9.28. The van der Waals surface area contributed by atoms with Crippen LogP contribution in [0.4, 0.5) is 0 Å². The van der Waals surface area contributed by atoms with E-state index < -0.39 is 0 Å². The fourth-order valence-electron chi connectivity index (χ4n) is 1.06. The third kappa shape index (κ3) is 5.86. The number of amides is 1. The first-order valence-electron chi connectivity index (χ1n) is 4.95. The maximum Gasteiger partial charge on any atom is 0.249 e. The highest BCUT2D eigenvalue weighted by Crippen LogP contribution is 1.99. The van der Waals surface area contributed by atoms with Gasteiger partial charge in [-0.15, -0.1) is 6.58 Å². The molecule has 1 N–H and O–H groups in total. The number of carbonyl (C=O) groups excluding carboxylic acids is 1. The quantitative estimate of drug-likeness (QED) is 0.510. The molecule has 0 aromatic rings. The van der Waals surface area contributed by atoms with E-state index in [0.29, 0.717) is 25.1 Å². The Morgan fingerprint density at radius 2 is 2.07 bits per heavy atom. The molecule has 15 heavy (non-hydrogen) atoms. The van der Waals surface area contributed by atoms with Crippen LogP contribution in [0.25, 0.3) is 0 Å². The number of aliphatic hydroxyl groups excluding tert-OH is 1. The summed E-state index contributed by atoms with van der Waals surface area (Å²) in [6, 6.07) is 0. The first kappa shape index (κ1) is 13.7. The van der Waals surface area contributed by atoms with E-state index in [-0.39, 0.29) is 12.5 Å². The maximum atomic E-state index is 11.6. The third-order valence-corrected chi connectivity index (χ3v) is 1.79. The van der Waals surface area contributed by atoms with E-state index in [1.165, 1.54) is 0 Å². The molecule has 0 aliphatic carbocycles. The summed E-state index contributed by atoms with van der Waals surface area (Å²) < 4.78 is 0. The molecule has 1 amide bonds. The Morgan fingerprint density at radius 3 is 2.53 bits per heavy atom. The maximum absolute atomic E-state index is 11.6. The monoisotopic (exact) mass is 209 g/mol. The number of carbonyl (C=O) groups is 1. The summed E-state index contributed by atoms with van der Waals surface area (Å²) in [4.78, 5) is 13.2. The summed E-state index contributed by atoms with van der Waals surface area (Å²) in [6.45, 7) is 10.1. The molecule has 0 rings (SSSR count). The summed E-state index contributed by atoms with van der Waals surface area (Å²) in [5.74, 6) is -0.0662. The largest absolute Gasteiger partial charge is 0.396 e. The van der Waals surface area contributed by atoms with Gasteiger partial charge in [-0.3, -0.25) is 4.79 Å². The Bertz CT molecular complexity index is 256. The summed E-state index contributed by atoms with van der Waals surface area (Å²) in [5, 5.41) is 8.57. The van der Waals surface area contributed by atoms with Crippen LogP contribution in [0.3, 0.4) is 0 Å². The van der Waals surface area contributed by atoms with Crippen LogP contribution in [0, 0.1) is 0 Å². The molecule has 0 heterocycles. The molecule has 0 saturated heterocycles. The summed E-state index contributed by atoms with van der Waals surface area (Å²) in [7, 11) is 0. The predicted octanol–water partition coefficient (Wildman–Crippen LogP) is 1.52. The van der Waals surface area contributed by atoms with Gasteiger partial charge in [0.2, 0.25) is 5.91 Å². The molecular formula is C12H19NO2.